The Morgan fingerprint density at radius 2 is 2.07 bits per heavy atom. The average Bonchev–Trinajstić information content (AvgIpc) is 2.58. The SMILES string of the molecule is CCNC(=NCc1cc(F)ccc1CS(C)(=O)=O)NCC1CCCN(C)C1.I. The van der Waals surface area contributed by atoms with Gasteiger partial charge in [-0.05, 0) is 62.5 Å². The Bertz CT molecular complexity index is 758. The van der Waals surface area contributed by atoms with Crippen LogP contribution in [0.25, 0.3) is 0 Å². The van der Waals surface area contributed by atoms with E-state index in [1.165, 1.54) is 37.3 Å². The van der Waals surface area contributed by atoms with Crippen LogP contribution in [0.1, 0.15) is 30.9 Å². The zero-order chi connectivity index (χ0) is 19.9. The molecular formula is C19H32FIN4O2S. The maximum absolute atomic E-state index is 13.6. The number of aliphatic imine (C=N–C) groups is 1. The Balaban J connectivity index is 0.00000392. The number of halogens is 2. The van der Waals surface area contributed by atoms with E-state index in [2.05, 4.69) is 27.6 Å². The van der Waals surface area contributed by atoms with Crippen molar-refractivity contribution in [2.45, 2.75) is 32.1 Å². The van der Waals surface area contributed by atoms with Crippen LogP contribution >= 0.6 is 24.0 Å². The molecule has 160 valence electrons. The number of sulfone groups is 1. The lowest BCUT2D eigenvalue weighted by Crippen LogP contribution is -2.43. The minimum absolute atomic E-state index is 0. The summed E-state index contributed by atoms with van der Waals surface area (Å²) in [5.41, 5.74) is 1.18. The van der Waals surface area contributed by atoms with Gasteiger partial charge in [0.25, 0.3) is 0 Å². The third kappa shape index (κ3) is 9.04. The molecular weight excluding hydrogens is 494 g/mol. The summed E-state index contributed by atoms with van der Waals surface area (Å²) in [5.74, 6) is 0.736. The molecule has 1 fully saturated rings. The number of nitrogens with one attached hydrogen (secondary N) is 2. The van der Waals surface area contributed by atoms with E-state index in [1.54, 1.807) is 0 Å². The van der Waals surface area contributed by atoms with Crippen molar-refractivity contribution in [1.29, 1.82) is 0 Å². The minimum Gasteiger partial charge on any atom is -0.357 e. The van der Waals surface area contributed by atoms with Crippen molar-refractivity contribution in [3.05, 3.63) is 35.1 Å². The summed E-state index contributed by atoms with van der Waals surface area (Å²) in [4.78, 5) is 6.88. The molecule has 1 aromatic rings. The molecule has 2 N–H and O–H groups in total. The number of piperidine rings is 1. The highest BCUT2D eigenvalue weighted by Gasteiger charge is 2.17. The Hall–Kier alpha value is -0.940. The number of likely N-dealkylation sites (tertiary alicyclic amines) is 1. The van der Waals surface area contributed by atoms with Gasteiger partial charge in [-0.15, -0.1) is 24.0 Å². The number of nitrogens with zero attached hydrogens (tertiary/aromatic N) is 2. The first-order valence-electron chi connectivity index (χ1n) is 9.42. The molecule has 2 rings (SSSR count). The predicted molar refractivity (Wildman–Crippen MR) is 123 cm³/mol. The third-order valence-electron chi connectivity index (χ3n) is 4.62. The van der Waals surface area contributed by atoms with Gasteiger partial charge < -0.3 is 15.5 Å². The Kier molecular flexibility index (Phi) is 10.7. The topological polar surface area (TPSA) is 73.8 Å². The van der Waals surface area contributed by atoms with Crippen LogP contribution in [0.2, 0.25) is 0 Å². The lowest BCUT2D eigenvalue weighted by molar-refractivity contribution is 0.210. The van der Waals surface area contributed by atoms with Crippen molar-refractivity contribution in [3.8, 4) is 0 Å². The first-order chi connectivity index (χ1) is 12.8. The second-order valence-corrected chi connectivity index (χ2v) is 9.47. The lowest BCUT2D eigenvalue weighted by Gasteiger charge is -2.30. The van der Waals surface area contributed by atoms with Gasteiger partial charge in [-0.3, -0.25) is 0 Å². The molecule has 9 heteroatoms. The average molecular weight is 526 g/mol. The van der Waals surface area contributed by atoms with Gasteiger partial charge in [-0.2, -0.15) is 0 Å². The molecule has 1 aliphatic heterocycles. The fraction of sp³-hybridized carbons (Fsp3) is 0.632. The molecule has 0 saturated carbocycles. The quantitative estimate of drug-likeness (QED) is 0.325. The maximum Gasteiger partial charge on any atom is 0.191 e. The largest absolute Gasteiger partial charge is 0.357 e. The van der Waals surface area contributed by atoms with Crippen LogP contribution in [-0.4, -0.2) is 58.8 Å². The number of guanidine groups is 1. The predicted octanol–water partition coefficient (Wildman–Crippen LogP) is 2.39. The molecule has 0 amide bonds. The number of rotatable bonds is 7. The van der Waals surface area contributed by atoms with Gasteiger partial charge in [0.05, 0.1) is 12.3 Å². The van der Waals surface area contributed by atoms with Crippen molar-refractivity contribution in [2.75, 3.05) is 39.5 Å². The number of benzene rings is 1. The maximum atomic E-state index is 13.6. The Morgan fingerprint density at radius 1 is 1.32 bits per heavy atom. The standard InChI is InChI=1S/C19H31FN4O2S.HI/c1-4-21-19(22-11-15-6-5-9-24(2)13-15)23-12-17-10-18(20)8-7-16(17)14-27(3,25)26;/h7-8,10,15H,4-6,9,11-14H2,1-3H3,(H2,21,22,23);1H. The van der Waals surface area contributed by atoms with Crippen molar-refractivity contribution < 1.29 is 12.8 Å². The third-order valence-corrected chi connectivity index (χ3v) is 5.45. The zero-order valence-electron chi connectivity index (χ0n) is 16.9. The Morgan fingerprint density at radius 3 is 2.71 bits per heavy atom. The van der Waals surface area contributed by atoms with E-state index in [0.29, 0.717) is 23.0 Å². The summed E-state index contributed by atoms with van der Waals surface area (Å²) in [6.07, 6.45) is 3.57. The van der Waals surface area contributed by atoms with Crippen LogP contribution in [-0.2, 0) is 22.1 Å². The van der Waals surface area contributed by atoms with Crippen LogP contribution in [0.15, 0.2) is 23.2 Å². The molecule has 0 spiro atoms. The molecule has 1 atom stereocenters. The molecule has 1 unspecified atom stereocenters. The van der Waals surface area contributed by atoms with Crippen LogP contribution in [0.3, 0.4) is 0 Å². The molecule has 1 aromatic carbocycles. The summed E-state index contributed by atoms with van der Waals surface area (Å²) in [6, 6.07) is 4.18. The van der Waals surface area contributed by atoms with Gasteiger partial charge >= 0.3 is 0 Å². The zero-order valence-corrected chi connectivity index (χ0v) is 20.0. The van der Waals surface area contributed by atoms with Crippen LogP contribution in [0.4, 0.5) is 4.39 Å². The van der Waals surface area contributed by atoms with E-state index in [1.807, 2.05) is 6.92 Å². The van der Waals surface area contributed by atoms with Gasteiger partial charge in [0.1, 0.15) is 5.82 Å². The van der Waals surface area contributed by atoms with E-state index in [4.69, 9.17) is 0 Å². The molecule has 28 heavy (non-hydrogen) atoms. The fourth-order valence-electron chi connectivity index (χ4n) is 3.35. The minimum atomic E-state index is -3.20. The summed E-state index contributed by atoms with van der Waals surface area (Å²) >= 11 is 0. The summed E-state index contributed by atoms with van der Waals surface area (Å²) in [7, 11) is -1.06. The molecule has 1 saturated heterocycles. The van der Waals surface area contributed by atoms with E-state index < -0.39 is 9.84 Å². The lowest BCUT2D eigenvalue weighted by atomic mass is 9.99. The molecule has 0 aromatic heterocycles. The monoisotopic (exact) mass is 526 g/mol. The van der Waals surface area contributed by atoms with Crippen LogP contribution in [0, 0.1) is 11.7 Å². The fourth-order valence-corrected chi connectivity index (χ4v) is 4.20. The van der Waals surface area contributed by atoms with E-state index in [9.17, 15) is 12.8 Å². The number of hydrogen-bond acceptors (Lipinski definition) is 4. The molecule has 0 aliphatic carbocycles. The van der Waals surface area contributed by atoms with Crippen LogP contribution < -0.4 is 10.6 Å². The van der Waals surface area contributed by atoms with E-state index >= 15 is 0 Å². The summed E-state index contributed by atoms with van der Waals surface area (Å²) in [6.45, 7) is 5.97. The Labute approximate surface area is 185 Å². The second kappa shape index (κ2) is 11.9. The van der Waals surface area contributed by atoms with Crippen molar-refractivity contribution in [1.82, 2.24) is 15.5 Å². The number of hydrogen-bond donors (Lipinski definition) is 2. The summed E-state index contributed by atoms with van der Waals surface area (Å²) in [5, 5.41) is 6.56. The first kappa shape index (κ1) is 25.1. The van der Waals surface area contributed by atoms with Gasteiger partial charge in [0, 0.05) is 25.9 Å². The highest BCUT2D eigenvalue weighted by atomic mass is 127. The normalized spacial score (nSPS) is 18.4. The van der Waals surface area contributed by atoms with Crippen LogP contribution in [0.5, 0.6) is 0 Å². The van der Waals surface area contributed by atoms with Crippen molar-refractivity contribution in [2.24, 2.45) is 10.9 Å². The van der Waals surface area contributed by atoms with E-state index in [0.717, 1.165) is 26.2 Å². The smallest absolute Gasteiger partial charge is 0.191 e. The first-order valence-corrected chi connectivity index (χ1v) is 11.5. The highest BCUT2D eigenvalue weighted by molar-refractivity contribution is 14.0. The van der Waals surface area contributed by atoms with E-state index in [-0.39, 0.29) is 42.1 Å². The molecule has 0 bridgehead atoms. The van der Waals surface area contributed by atoms with Gasteiger partial charge in [0.15, 0.2) is 15.8 Å². The highest BCUT2D eigenvalue weighted by Crippen LogP contribution is 2.16. The van der Waals surface area contributed by atoms with Gasteiger partial charge in [0.2, 0.25) is 0 Å². The van der Waals surface area contributed by atoms with Gasteiger partial charge in [-0.25, -0.2) is 17.8 Å². The van der Waals surface area contributed by atoms with Crippen molar-refractivity contribution >= 4 is 39.8 Å². The molecule has 0 radical (unpaired) electrons. The summed E-state index contributed by atoms with van der Waals surface area (Å²) < 4.78 is 36.9. The van der Waals surface area contributed by atoms with Crippen molar-refractivity contribution in [3.63, 3.8) is 0 Å². The van der Waals surface area contributed by atoms with Gasteiger partial charge in [-0.1, -0.05) is 6.07 Å². The molecule has 1 aliphatic rings. The molecule has 1 heterocycles. The molecule has 6 nitrogen and oxygen atoms in total. The second-order valence-electron chi connectivity index (χ2n) is 7.33.